The van der Waals surface area contributed by atoms with Crippen LogP contribution in [0.25, 0.3) is 10.9 Å². The lowest BCUT2D eigenvalue weighted by Crippen LogP contribution is -2.45. The molecule has 2 aromatic heterocycles. The molecule has 3 heterocycles. The number of halogens is 1. The number of anilines is 1. The van der Waals surface area contributed by atoms with Crippen molar-refractivity contribution in [3.63, 3.8) is 0 Å². The molecule has 1 aliphatic rings. The second-order valence-corrected chi connectivity index (χ2v) is 7.85. The summed E-state index contributed by atoms with van der Waals surface area (Å²) in [5.41, 5.74) is 3.83. The number of pyridine rings is 1. The van der Waals surface area contributed by atoms with Gasteiger partial charge in [0.1, 0.15) is 5.82 Å². The lowest BCUT2D eigenvalue weighted by Gasteiger charge is -2.20. The first-order valence-corrected chi connectivity index (χ1v) is 10.4. The number of fused-ring (bicyclic) bond motifs is 1. The first-order chi connectivity index (χ1) is 14.2. The van der Waals surface area contributed by atoms with Gasteiger partial charge >= 0.3 is 0 Å². The molecular weight excluding hydrogens is 384 g/mol. The van der Waals surface area contributed by atoms with Gasteiger partial charge in [0, 0.05) is 56.0 Å². The molecule has 0 saturated carbocycles. The summed E-state index contributed by atoms with van der Waals surface area (Å²) in [6.07, 6.45) is 5.86. The molecule has 6 nitrogen and oxygen atoms in total. The third-order valence-corrected chi connectivity index (χ3v) is 5.77. The number of guanidine groups is 1. The van der Waals surface area contributed by atoms with Gasteiger partial charge in [-0.25, -0.2) is 4.98 Å². The zero-order chi connectivity index (χ0) is 20.2. The fourth-order valence-electron chi connectivity index (χ4n) is 4.03. The van der Waals surface area contributed by atoms with Gasteiger partial charge in [0.15, 0.2) is 5.96 Å². The van der Waals surface area contributed by atoms with E-state index in [0.717, 1.165) is 44.3 Å². The number of aryl methyl sites for hydroxylation is 1. The van der Waals surface area contributed by atoms with Crippen LogP contribution in [0.1, 0.15) is 17.5 Å². The summed E-state index contributed by atoms with van der Waals surface area (Å²) < 4.78 is 0. The van der Waals surface area contributed by atoms with Gasteiger partial charge in [0.25, 0.3) is 0 Å². The van der Waals surface area contributed by atoms with Crippen LogP contribution < -0.4 is 15.5 Å². The molecule has 1 aromatic carbocycles. The number of aromatic amines is 1. The Morgan fingerprint density at radius 1 is 1.34 bits per heavy atom. The summed E-state index contributed by atoms with van der Waals surface area (Å²) in [4.78, 5) is 14.4. The van der Waals surface area contributed by atoms with Crippen molar-refractivity contribution < 1.29 is 0 Å². The average molecular weight is 411 g/mol. The van der Waals surface area contributed by atoms with Gasteiger partial charge in [-0.15, -0.1) is 0 Å². The highest BCUT2D eigenvalue weighted by atomic mass is 35.5. The molecule has 1 atom stereocenters. The topological polar surface area (TPSA) is 68.3 Å². The number of aromatic nitrogens is 2. The summed E-state index contributed by atoms with van der Waals surface area (Å²) in [6.45, 7) is 4.77. The summed E-state index contributed by atoms with van der Waals surface area (Å²) in [5.74, 6) is 1.69. The number of nitrogens with one attached hydrogen (secondary N) is 3. The molecule has 0 aliphatic carbocycles. The Kier molecular flexibility index (Phi) is 5.90. The maximum absolute atomic E-state index is 6.29. The maximum atomic E-state index is 6.29. The summed E-state index contributed by atoms with van der Waals surface area (Å²) >= 11 is 6.29. The smallest absolute Gasteiger partial charge is 0.191 e. The molecule has 1 saturated heterocycles. The molecule has 4 rings (SSSR count). The van der Waals surface area contributed by atoms with Gasteiger partial charge in [-0.3, -0.25) is 4.99 Å². The van der Waals surface area contributed by atoms with Gasteiger partial charge in [-0.1, -0.05) is 23.7 Å². The minimum absolute atomic E-state index is 0.314. The first kappa shape index (κ1) is 19.6. The zero-order valence-corrected chi connectivity index (χ0v) is 17.6. The van der Waals surface area contributed by atoms with Gasteiger partial charge in [-0.05, 0) is 49.1 Å². The molecule has 3 N–H and O–H groups in total. The third kappa shape index (κ3) is 4.32. The molecule has 152 valence electrons. The average Bonchev–Trinajstić information content (AvgIpc) is 3.35. The van der Waals surface area contributed by atoms with Crippen LogP contribution in [0.4, 0.5) is 5.82 Å². The Balaban J connectivity index is 1.31. The zero-order valence-electron chi connectivity index (χ0n) is 16.9. The fraction of sp³-hybridized carbons (Fsp3) is 0.364. The molecule has 1 fully saturated rings. The summed E-state index contributed by atoms with van der Waals surface area (Å²) in [6, 6.07) is 10.4. The predicted octanol–water partition coefficient (Wildman–Crippen LogP) is 3.51. The fourth-order valence-corrected chi connectivity index (χ4v) is 4.27. The van der Waals surface area contributed by atoms with E-state index < -0.39 is 0 Å². The van der Waals surface area contributed by atoms with E-state index in [1.807, 2.05) is 19.2 Å². The number of nitrogens with zero attached hydrogens (tertiary/aromatic N) is 3. The minimum atomic E-state index is 0.314. The number of aliphatic imine (C=N–C) groups is 1. The minimum Gasteiger partial charge on any atom is -0.361 e. The number of hydrogen-bond donors (Lipinski definition) is 3. The van der Waals surface area contributed by atoms with Crippen molar-refractivity contribution in [3.8, 4) is 0 Å². The molecule has 7 heteroatoms. The van der Waals surface area contributed by atoms with Gasteiger partial charge in [0.05, 0.1) is 5.02 Å². The Bertz CT molecular complexity index is 1010. The standard InChI is InChI=1S/C22H27ClN6/c1-15-5-3-7-19-20(15)16(13-27-19)8-11-26-22(24-2)28-17-9-12-29(14-17)21-18(23)6-4-10-25-21/h3-7,10,13,17,27H,8-9,11-12,14H2,1-2H3,(H2,24,26,28). The molecule has 0 amide bonds. The molecule has 1 unspecified atom stereocenters. The van der Waals surface area contributed by atoms with Crippen molar-refractivity contribution in [3.05, 3.63) is 58.9 Å². The van der Waals surface area contributed by atoms with E-state index in [2.05, 4.69) is 61.8 Å². The van der Waals surface area contributed by atoms with Crippen molar-refractivity contribution >= 4 is 34.3 Å². The van der Waals surface area contributed by atoms with Gasteiger partial charge in [-0.2, -0.15) is 0 Å². The molecule has 0 bridgehead atoms. The lowest BCUT2D eigenvalue weighted by molar-refractivity contribution is 0.648. The molecule has 0 radical (unpaired) electrons. The van der Waals surface area contributed by atoms with Crippen LogP contribution in [0.2, 0.25) is 5.02 Å². The van der Waals surface area contributed by atoms with Crippen molar-refractivity contribution in [1.29, 1.82) is 0 Å². The van der Waals surface area contributed by atoms with Crippen molar-refractivity contribution in [2.24, 2.45) is 4.99 Å². The second kappa shape index (κ2) is 8.74. The second-order valence-electron chi connectivity index (χ2n) is 7.45. The summed E-state index contributed by atoms with van der Waals surface area (Å²) in [5, 5.41) is 9.01. The van der Waals surface area contributed by atoms with Gasteiger partial charge < -0.3 is 20.5 Å². The largest absolute Gasteiger partial charge is 0.361 e. The first-order valence-electron chi connectivity index (χ1n) is 10.0. The molecule has 0 spiro atoms. The molecule has 3 aromatic rings. The third-order valence-electron chi connectivity index (χ3n) is 5.47. The van der Waals surface area contributed by atoms with E-state index in [1.54, 1.807) is 6.20 Å². The van der Waals surface area contributed by atoms with Crippen molar-refractivity contribution in [2.75, 3.05) is 31.6 Å². The van der Waals surface area contributed by atoms with Crippen molar-refractivity contribution in [1.82, 2.24) is 20.6 Å². The molecular formula is C22H27ClN6. The summed E-state index contributed by atoms with van der Waals surface area (Å²) in [7, 11) is 1.81. The Hall–Kier alpha value is -2.73. The Morgan fingerprint density at radius 2 is 2.24 bits per heavy atom. The number of benzene rings is 1. The SMILES string of the molecule is CN=C(NCCc1c[nH]c2cccc(C)c12)NC1CCN(c2ncccc2Cl)C1. The predicted molar refractivity (Wildman–Crippen MR) is 121 cm³/mol. The van der Waals surface area contributed by atoms with Crippen LogP contribution in [-0.2, 0) is 6.42 Å². The highest BCUT2D eigenvalue weighted by molar-refractivity contribution is 6.32. The quantitative estimate of drug-likeness (QED) is 0.444. The Morgan fingerprint density at radius 3 is 3.07 bits per heavy atom. The van der Waals surface area contributed by atoms with Crippen molar-refractivity contribution in [2.45, 2.75) is 25.8 Å². The van der Waals surface area contributed by atoms with Crippen LogP contribution in [0, 0.1) is 6.92 Å². The monoisotopic (exact) mass is 410 g/mol. The van der Waals surface area contributed by atoms with E-state index >= 15 is 0 Å². The number of H-pyrrole nitrogens is 1. The van der Waals surface area contributed by atoms with Gasteiger partial charge in [0.2, 0.25) is 0 Å². The van der Waals surface area contributed by atoms with E-state index in [-0.39, 0.29) is 0 Å². The highest BCUT2D eigenvalue weighted by Gasteiger charge is 2.25. The highest BCUT2D eigenvalue weighted by Crippen LogP contribution is 2.26. The number of rotatable bonds is 5. The van der Waals surface area contributed by atoms with Crippen LogP contribution >= 0.6 is 11.6 Å². The van der Waals surface area contributed by atoms with E-state index in [0.29, 0.717) is 11.1 Å². The van der Waals surface area contributed by atoms with E-state index in [1.165, 1.54) is 22.0 Å². The van der Waals surface area contributed by atoms with Crippen LogP contribution in [0.3, 0.4) is 0 Å². The maximum Gasteiger partial charge on any atom is 0.191 e. The molecule has 29 heavy (non-hydrogen) atoms. The van der Waals surface area contributed by atoms with Crippen LogP contribution in [0.5, 0.6) is 0 Å². The molecule has 1 aliphatic heterocycles. The van der Waals surface area contributed by atoms with Crippen LogP contribution in [0.15, 0.2) is 47.7 Å². The van der Waals surface area contributed by atoms with Crippen LogP contribution in [-0.4, -0.2) is 48.7 Å². The number of hydrogen-bond acceptors (Lipinski definition) is 3. The normalized spacial score (nSPS) is 17.1. The van der Waals surface area contributed by atoms with E-state index in [4.69, 9.17) is 11.6 Å². The lowest BCUT2D eigenvalue weighted by atomic mass is 10.1. The Labute approximate surface area is 176 Å². The van der Waals surface area contributed by atoms with E-state index in [9.17, 15) is 0 Å².